The van der Waals surface area contributed by atoms with Crippen molar-refractivity contribution in [2.45, 2.75) is 186 Å². The monoisotopic (exact) mass is 1380 g/mol. The van der Waals surface area contributed by atoms with Gasteiger partial charge in [-0.25, -0.2) is 24.3 Å². The number of fused-ring (bicyclic) bond motifs is 6. The Hall–Kier alpha value is -5.19. The van der Waals surface area contributed by atoms with E-state index >= 15 is 0 Å². The summed E-state index contributed by atoms with van der Waals surface area (Å²) in [5.41, 5.74) is 33.6. The Bertz CT molecular complexity index is 3370. The molecule has 0 spiro atoms. The van der Waals surface area contributed by atoms with Crippen molar-refractivity contribution in [3.8, 4) is 22.3 Å². The van der Waals surface area contributed by atoms with Crippen molar-refractivity contribution in [2.24, 2.45) is 0 Å². The molecule has 0 radical (unpaired) electrons. The van der Waals surface area contributed by atoms with E-state index < -0.39 is 0 Å². The zero-order valence-corrected chi connectivity index (χ0v) is 64.2. The van der Waals surface area contributed by atoms with Gasteiger partial charge in [0.25, 0.3) is 0 Å². The molecular weight excluding hydrogens is 1290 g/mol. The molecule has 0 atom stereocenters. The Morgan fingerprint density at radius 1 is 0.333 bits per heavy atom. The van der Waals surface area contributed by atoms with Gasteiger partial charge in [-0.15, -0.1) is 35.1 Å². The summed E-state index contributed by atoms with van der Waals surface area (Å²) in [6, 6.07) is 57.6. The van der Waals surface area contributed by atoms with Crippen LogP contribution in [-0.2, 0) is 83.0 Å². The van der Waals surface area contributed by atoms with Crippen LogP contribution in [0.1, 0.15) is 207 Å². The van der Waals surface area contributed by atoms with Crippen molar-refractivity contribution in [1.29, 1.82) is 0 Å². The van der Waals surface area contributed by atoms with E-state index in [0.717, 1.165) is 25.7 Å². The fourth-order valence-corrected chi connectivity index (χ4v) is 13.0. The third-order valence-electron chi connectivity index (χ3n) is 16.1. The van der Waals surface area contributed by atoms with Crippen LogP contribution in [0.5, 0.6) is 0 Å². The summed E-state index contributed by atoms with van der Waals surface area (Å²) in [4.78, 5) is 0. The third kappa shape index (κ3) is 21.4. The van der Waals surface area contributed by atoms with Crippen LogP contribution in [0.15, 0.2) is 170 Å². The van der Waals surface area contributed by atoms with Crippen LogP contribution in [0.4, 0.5) is 0 Å². The fraction of sp³-hybridized carbons (Fsp3) is 0.326. The Morgan fingerprint density at radius 2 is 0.600 bits per heavy atom. The molecule has 464 valence electrons. The smallest absolute Gasteiger partial charge is 0.109 e. The van der Waals surface area contributed by atoms with Gasteiger partial charge in [-0.3, -0.25) is 12.2 Å². The zero-order chi connectivity index (χ0) is 64.5. The second kappa shape index (κ2) is 32.6. The molecule has 90 heavy (non-hydrogen) atoms. The molecule has 12 rings (SSSR count). The quantitative estimate of drug-likeness (QED) is 0.154. The second-order valence-electron chi connectivity index (χ2n) is 28.9. The van der Waals surface area contributed by atoms with E-state index in [1.165, 1.54) is 188 Å². The molecule has 4 aliphatic carbocycles. The van der Waals surface area contributed by atoms with Crippen LogP contribution in [0.3, 0.4) is 0 Å². The Kier molecular flexibility index (Phi) is 27.3. The van der Waals surface area contributed by atoms with Crippen molar-refractivity contribution in [3.63, 3.8) is 0 Å². The normalized spacial score (nSPS) is 12.7. The van der Waals surface area contributed by atoms with E-state index in [4.69, 9.17) is 0 Å². The number of aryl methyl sites for hydroxylation is 8. The Balaban J connectivity index is 0.000000206. The van der Waals surface area contributed by atoms with Crippen molar-refractivity contribution < 1.29 is 73.3 Å². The van der Waals surface area contributed by atoms with Crippen molar-refractivity contribution in [3.05, 3.63) is 305 Å². The Labute approximate surface area is 587 Å². The van der Waals surface area contributed by atoms with Crippen LogP contribution >= 0.6 is 0 Å². The molecule has 8 aromatic carbocycles. The van der Waals surface area contributed by atoms with Crippen LogP contribution in [0, 0.1) is 79.7 Å². The number of hydrogen-bond acceptors (Lipinski definition) is 0. The van der Waals surface area contributed by atoms with Crippen molar-refractivity contribution in [1.82, 2.24) is 0 Å². The number of allylic oxidation sites excluding steroid dienone is 8. The molecule has 0 nitrogen and oxygen atoms in total. The van der Waals surface area contributed by atoms with E-state index in [0.29, 0.717) is 0 Å². The summed E-state index contributed by atoms with van der Waals surface area (Å²) in [6.45, 7) is 44.5. The maximum atomic E-state index is 3.67. The van der Waals surface area contributed by atoms with Crippen LogP contribution < -0.4 is 24.8 Å². The first-order chi connectivity index (χ1) is 41.2. The molecule has 0 heterocycles. The van der Waals surface area contributed by atoms with Gasteiger partial charge < -0.3 is 24.8 Å². The first-order valence-corrected chi connectivity index (χ1v) is 34.0. The summed E-state index contributed by atoms with van der Waals surface area (Å²) in [5.74, 6) is 0. The van der Waals surface area contributed by atoms with Gasteiger partial charge in [0.1, 0.15) is 0 Å². The molecule has 0 fully saturated rings. The van der Waals surface area contributed by atoms with Gasteiger partial charge in [0.2, 0.25) is 0 Å². The van der Waals surface area contributed by atoms with Gasteiger partial charge in [-0.1, -0.05) is 131 Å². The average Bonchev–Trinajstić information content (AvgIpc) is 1.64. The molecule has 0 saturated carbocycles. The van der Waals surface area contributed by atoms with Crippen molar-refractivity contribution >= 4 is 6.41 Å². The van der Waals surface area contributed by atoms with Gasteiger partial charge in [0.05, 0.1) is 0 Å². The van der Waals surface area contributed by atoms with Crippen LogP contribution in [0.2, 0.25) is 0 Å². The molecule has 0 aliphatic heterocycles. The second-order valence-corrected chi connectivity index (χ2v) is 31.3. The molecule has 4 heteroatoms. The maximum absolute atomic E-state index is 3.67. The summed E-state index contributed by atoms with van der Waals surface area (Å²) in [7, 11) is 0. The third-order valence-corrected chi connectivity index (χ3v) is 19.0. The topological polar surface area (TPSA) is 0 Å². The molecule has 0 saturated heterocycles. The molecule has 0 amide bonds. The molecule has 8 aromatic rings. The van der Waals surface area contributed by atoms with E-state index in [2.05, 4.69) is 308 Å². The average molecular weight is 1380 g/mol. The molecular formula is C86H96Cl2Zr2-2. The summed E-state index contributed by atoms with van der Waals surface area (Å²) < 4.78 is 2.89. The number of rotatable bonds is 4. The predicted molar refractivity (Wildman–Crippen MR) is 375 cm³/mol. The molecule has 0 aromatic heterocycles. The zero-order valence-electron chi connectivity index (χ0n) is 57.8. The maximum Gasteiger partial charge on any atom is -0.109 e. The van der Waals surface area contributed by atoms with Gasteiger partial charge >= 0.3 is 250 Å². The van der Waals surface area contributed by atoms with Gasteiger partial charge in [-0.05, 0) is 56.8 Å². The van der Waals surface area contributed by atoms with Gasteiger partial charge in [0, 0.05) is 0 Å². The van der Waals surface area contributed by atoms with Gasteiger partial charge in [0.15, 0.2) is 0 Å². The molecule has 0 bridgehead atoms. The van der Waals surface area contributed by atoms with E-state index in [-0.39, 0.29) is 46.5 Å². The minimum Gasteiger partial charge on any atom is -1.00 e. The van der Waals surface area contributed by atoms with Gasteiger partial charge in [-0.2, -0.15) is 59.7 Å². The first kappa shape index (κ1) is 75.5. The molecule has 4 aliphatic rings. The SMILES string of the molecule is CC(C)(C)c1[c-]c2c(cc1)-c1ccc(C(C)(C)C)cc1C2.CC(C)(C)c1[c-]c2c(cc1)-c1ccc(C(C)(C)C)cc1C2.Cc1cc(C)cc([C](=[Zr+2])c2cc(C)cc(C)c2)c1.Cc1cc(C)cc([C](=[Zr+2])c2cc(C)cc(C)c2)c1.[C-]1=CC=CC1.[C-]1=CC=CC1.[Cl-].[Cl-]. The first-order valence-electron chi connectivity index (χ1n) is 31.6. The van der Waals surface area contributed by atoms with E-state index in [1.807, 2.05) is 24.3 Å². The summed E-state index contributed by atoms with van der Waals surface area (Å²) in [6.07, 6.45) is 22.1. The number of hydrogen-bond donors (Lipinski definition) is 0. The summed E-state index contributed by atoms with van der Waals surface area (Å²) >= 11 is 2.95. The van der Waals surface area contributed by atoms with Crippen LogP contribution in [-0.4, -0.2) is 6.41 Å². The van der Waals surface area contributed by atoms with Crippen LogP contribution in [0.25, 0.3) is 22.3 Å². The predicted octanol–water partition coefficient (Wildman–Crippen LogP) is 16.0. The minimum absolute atomic E-state index is 0. The minimum atomic E-state index is 0. The Morgan fingerprint density at radius 3 is 0.811 bits per heavy atom. The molecule has 0 unspecified atom stereocenters. The largest absolute Gasteiger partial charge is 1.00 e. The molecule has 0 N–H and O–H groups in total. The van der Waals surface area contributed by atoms with E-state index in [9.17, 15) is 0 Å². The van der Waals surface area contributed by atoms with E-state index in [1.54, 1.807) is 0 Å². The van der Waals surface area contributed by atoms with Crippen molar-refractivity contribution in [2.75, 3.05) is 0 Å². The number of halogens is 2. The number of benzene rings is 8. The standard InChI is InChI=1S/2C21H25.2C17H18.2C5H5.2ClH.2Zr/c2*1-20(2,3)16-7-9-18-14(12-16)11-15-13-17(21(4,5)6)8-10-19(15)18;2*1-12-5-13(2)8-16(7-12)11-17-9-14(3)6-15(4)10-17;2*1-2-4-5-3-1;;;;/h2*7-10,12H,11H2,1-6H3;2*5-10H,1-4H3;2*1-3H,4H2;2*1H;;/q2*-1;;;2*-1;;;2*+2/p-2. The summed E-state index contributed by atoms with van der Waals surface area (Å²) in [5, 5.41) is 0. The fourth-order valence-electron chi connectivity index (χ4n) is 11.5.